The van der Waals surface area contributed by atoms with Gasteiger partial charge in [0, 0.05) is 30.2 Å². The molecule has 0 saturated carbocycles. The third kappa shape index (κ3) is 5.08. The fraction of sp³-hybridized carbons (Fsp3) is 0.286. The molecule has 0 bridgehead atoms. The molecule has 0 N–H and O–H groups in total. The molecule has 0 radical (unpaired) electrons. The third-order valence-electron chi connectivity index (χ3n) is 5.68. The van der Waals surface area contributed by atoms with E-state index in [9.17, 15) is 4.79 Å². The molecule has 0 fully saturated rings. The van der Waals surface area contributed by atoms with E-state index in [-0.39, 0.29) is 5.97 Å². The van der Waals surface area contributed by atoms with Crippen molar-refractivity contribution < 1.29 is 19.0 Å². The van der Waals surface area contributed by atoms with Crippen molar-refractivity contribution in [1.29, 1.82) is 0 Å². The number of ether oxygens (including phenoxy) is 3. The minimum atomic E-state index is -0.270. The van der Waals surface area contributed by atoms with E-state index in [1.165, 1.54) is 5.56 Å². The summed E-state index contributed by atoms with van der Waals surface area (Å²) >= 11 is 0. The average molecular weight is 444 g/mol. The minimum absolute atomic E-state index is 0.270. The molecule has 1 heterocycles. The van der Waals surface area contributed by atoms with E-state index >= 15 is 0 Å². The molecule has 0 atom stereocenters. The van der Waals surface area contributed by atoms with Gasteiger partial charge in [-0.15, -0.1) is 0 Å². The summed E-state index contributed by atoms with van der Waals surface area (Å²) in [6, 6.07) is 17.9. The van der Waals surface area contributed by atoms with Gasteiger partial charge in [0.15, 0.2) is 0 Å². The standard InChI is InChI=1S/C28H29NO4/c1-4-31-22-8-6-7-20(17-22)27-25-18-26(28(30)32-5-2)24(23(25)13-15-29-27)14-16-33-21-11-9-19(3)10-12-21/h6-13,15,17H,4-5,14,16,18H2,1-3H3. The lowest BCUT2D eigenvalue weighted by Gasteiger charge is -2.12. The summed E-state index contributed by atoms with van der Waals surface area (Å²) in [5, 5.41) is 0. The van der Waals surface area contributed by atoms with Gasteiger partial charge in [0.2, 0.25) is 0 Å². The first-order valence-electron chi connectivity index (χ1n) is 11.4. The van der Waals surface area contributed by atoms with Gasteiger partial charge >= 0.3 is 5.97 Å². The quantitative estimate of drug-likeness (QED) is 0.391. The summed E-state index contributed by atoms with van der Waals surface area (Å²) in [7, 11) is 0. The Balaban J connectivity index is 1.63. The Labute approximate surface area is 195 Å². The number of aromatic nitrogens is 1. The molecule has 0 unspecified atom stereocenters. The highest BCUT2D eigenvalue weighted by Crippen LogP contribution is 2.40. The number of hydrogen-bond donors (Lipinski definition) is 0. The normalized spacial score (nSPS) is 12.5. The van der Waals surface area contributed by atoms with Crippen molar-refractivity contribution in [2.24, 2.45) is 0 Å². The molecule has 1 aliphatic rings. The summed E-state index contributed by atoms with van der Waals surface area (Å²) in [4.78, 5) is 17.5. The molecule has 2 aromatic carbocycles. The lowest BCUT2D eigenvalue weighted by atomic mass is 9.99. The van der Waals surface area contributed by atoms with E-state index in [0.29, 0.717) is 38.2 Å². The van der Waals surface area contributed by atoms with Gasteiger partial charge in [0.1, 0.15) is 11.5 Å². The summed E-state index contributed by atoms with van der Waals surface area (Å²) < 4.78 is 17.0. The molecule has 0 aliphatic heterocycles. The molecule has 1 aromatic heterocycles. The fourth-order valence-corrected chi connectivity index (χ4v) is 4.15. The maximum atomic E-state index is 12.8. The molecule has 0 spiro atoms. The highest BCUT2D eigenvalue weighted by atomic mass is 16.5. The van der Waals surface area contributed by atoms with Gasteiger partial charge in [0.05, 0.1) is 25.5 Å². The minimum Gasteiger partial charge on any atom is -0.494 e. The Morgan fingerprint density at radius 1 is 0.970 bits per heavy atom. The van der Waals surface area contributed by atoms with Crippen molar-refractivity contribution in [3.63, 3.8) is 0 Å². The average Bonchev–Trinajstić information content (AvgIpc) is 3.20. The van der Waals surface area contributed by atoms with Crippen molar-refractivity contribution >= 4 is 11.5 Å². The van der Waals surface area contributed by atoms with Crippen molar-refractivity contribution in [3.05, 3.63) is 83.1 Å². The van der Waals surface area contributed by atoms with Crippen molar-refractivity contribution in [2.75, 3.05) is 19.8 Å². The Morgan fingerprint density at radius 2 is 1.79 bits per heavy atom. The molecule has 5 nitrogen and oxygen atoms in total. The lowest BCUT2D eigenvalue weighted by molar-refractivity contribution is -0.138. The molecule has 0 saturated heterocycles. The molecular weight excluding hydrogens is 414 g/mol. The van der Waals surface area contributed by atoms with Gasteiger partial charge in [-0.25, -0.2) is 4.79 Å². The van der Waals surface area contributed by atoms with Gasteiger partial charge in [-0.3, -0.25) is 4.98 Å². The lowest BCUT2D eigenvalue weighted by Crippen LogP contribution is -2.10. The number of benzene rings is 2. The van der Waals surface area contributed by atoms with Crippen molar-refractivity contribution in [1.82, 2.24) is 4.98 Å². The number of nitrogens with zero attached hydrogens (tertiary/aromatic N) is 1. The maximum absolute atomic E-state index is 12.8. The fourth-order valence-electron chi connectivity index (χ4n) is 4.15. The number of carbonyl (C=O) groups excluding carboxylic acids is 1. The first-order chi connectivity index (χ1) is 16.1. The number of rotatable bonds is 9. The van der Waals surface area contributed by atoms with Crippen LogP contribution >= 0.6 is 0 Å². The summed E-state index contributed by atoms with van der Waals surface area (Å²) in [6.45, 7) is 7.25. The number of pyridine rings is 1. The molecule has 3 aromatic rings. The van der Waals surface area contributed by atoms with E-state index in [2.05, 4.69) is 4.98 Å². The van der Waals surface area contributed by atoms with Gasteiger partial charge in [-0.1, -0.05) is 29.8 Å². The van der Waals surface area contributed by atoms with E-state index in [1.54, 1.807) is 6.20 Å². The smallest absolute Gasteiger partial charge is 0.334 e. The highest BCUT2D eigenvalue weighted by Gasteiger charge is 2.29. The number of esters is 1. The molecule has 1 aliphatic carbocycles. The number of hydrogen-bond acceptors (Lipinski definition) is 5. The van der Waals surface area contributed by atoms with Crippen LogP contribution in [0.4, 0.5) is 0 Å². The van der Waals surface area contributed by atoms with Crippen LogP contribution in [0.15, 0.2) is 66.4 Å². The monoisotopic (exact) mass is 443 g/mol. The Kier molecular flexibility index (Phi) is 7.08. The maximum Gasteiger partial charge on any atom is 0.334 e. The van der Waals surface area contributed by atoms with Gasteiger partial charge in [0.25, 0.3) is 0 Å². The van der Waals surface area contributed by atoms with E-state index in [0.717, 1.165) is 39.5 Å². The van der Waals surface area contributed by atoms with Crippen molar-refractivity contribution in [2.45, 2.75) is 33.6 Å². The zero-order valence-corrected chi connectivity index (χ0v) is 19.4. The highest BCUT2D eigenvalue weighted by molar-refractivity contribution is 6.02. The van der Waals surface area contributed by atoms with Crippen LogP contribution in [0.2, 0.25) is 0 Å². The molecule has 33 heavy (non-hydrogen) atoms. The second kappa shape index (κ2) is 10.3. The van der Waals surface area contributed by atoms with Gasteiger partial charge < -0.3 is 14.2 Å². The van der Waals surface area contributed by atoms with Crippen LogP contribution in [-0.2, 0) is 16.0 Å². The molecule has 4 rings (SSSR count). The topological polar surface area (TPSA) is 57.7 Å². The second-order valence-corrected chi connectivity index (χ2v) is 7.91. The van der Waals surface area contributed by atoms with Crippen LogP contribution in [-0.4, -0.2) is 30.8 Å². The number of fused-ring (bicyclic) bond motifs is 1. The van der Waals surface area contributed by atoms with Crippen LogP contribution in [0.5, 0.6) is 11.5 Å². The summed E-state index contributed by atoms with van der Waals surface area (Å²) in [5.41, 5.74) is 6.77. The summed E-state index contributed by atoms with van der Waals surface area (Å²) in [6.07, 6.45) is 2.91. The van der Waals surface area contributed by atoms with Crippen molar-refractivity contribution in [3.8, 4) is 22.8 Å². The zero-order valence-electron chi connectivity index (χ0n) is 19.4. The van der Waals surface area contributed by atoms with E-state index in [1.807, 2.05) is 75.4 Å². The SMILES string of the molecule is CCOC(=O)C1=C(CCOc2ccc(C)cc2)c2ccnc(-c3cccc(OCC)c3)c2C1. The molecule has 0 amide bonds. The van der Waals surface area contributed by atoms with Crippen LogP contribution in [0.1, 0.15) is 37.0 Å². The van der Waals surface area contributed by atoms with E-state index < -0.39 is 0 Å². The first-order valence-corrected chi connectivity index (χ1v) is 11.4. The van der Waals surface area contributed by atoms with Crippen LogP contribution < -0.4 is 9.47 Å². The Hall–Kier alpha value is -3.60. The van der Waals surface area contributed by atoms with Gasteiger partial charge in [-0.2, -0.15) is 0 Å². The second-order valence-electron chi connectivity index (χ2n) is 7.91. The predicted molar refractivity (Wildman–Crippen MR) is 129 cm³/mol. The Morgan fingerprint density at radius 3 is 2.55 bits per heavy atom. The summed E-state index contributed by atoms with van der Waals surface area (Å²) in [5.74, 6) is 1.35. The number of carbonyl (C=O) groups is 1. The van der Waals surface area contributed by atoms with E-state index in [4.69, 9.17) is 14.2 Å². The third-order valence-corrected chi connectivity index (χ3v) is 5.68. The van der Waals surface area contributed by atoms with Crippen LogP contribution in [0.3, 0.4) is 0 Å². The molecule has 5 heteroatoms. The largest absolute Gasteiger partial charge is 0.494 e. The number of aryl methyl sites for hydroxylation is 1. The zero-order chi connectivity index (χ0) is 23.2. The predicted octanol–water partition coefficient (Wildman–Crippen LogP) is 5.80. The Bertz CT molecular complexity index is 1160. The molecular formula is C28H29NO4. The first kappa shape index (κ1) is 22.6. The molecule has 170 valence electrons. The van der Waals surface area contributed by atoms with Crippen LogP contribution in [0.25, 0.3) is 16.8 Å². The van der Waals surface area contributed by atoms with Gasteiger partial charge in [-0.05, 0) is 67.8 Å². The van der Waals surface area contributed by atoms with Crippen LogP contribution in [0, 0.1) is 6.92 Å².